The van der Waals surface area contributed by atoms with Gasteiger partial charge in [0.1, 0.15) is 5.75 Å². The number of rotatable bonds is 6. The van der Waals surface area contributed by atoms with Crippen LogP contribution in [0.1, 0.15) is 61.8 Å². The average molecular weight is 296 g/mol. The molecule has 1 aliphatic carbocycles. The van der Waals surface area contributed by atoms with Gasteiger partial charge in [-0.2, -0.15) is 0 Å². The van der Waals surface area contributed by atoms with Gasteiger partial charge in [0, 0.05) is 11.8 Å². The molecule has 0 saturated heterocycles. The van der Waals surface area contributed by atoms with Crippen LogP contribution >= 0.6 is 0 Å². The van der Waals surface area contributed by atoms with Crippen LogP contribution in [-0.2, 0) is 9.84 Å². The standard InChI is InChI=1S/C16H24O3S/c1-4-11(5-2)13-7-6-8-14(15(13)17)16(12-9-10-12)20(3,18)19/h6-8,11-12,16-17H,4-5,9-10H2,1-3H3/t16-/m1/s1. The van der Waals surface area contributed by atoms with Crippen LogP contribution in [0.25, 0.3) is 0 Å². The van der Waals surface area contributed by atoms with Crippen LogP contribution < -0.4 is 0 Å². The van der Waals surface area contributed by atoms with Crippen molar-refractivity contribution in [1.29, 1.82) is 0 Å². The second-order valence-electron chi connectivity index (χ2n) is 5.89. The number of sulfone groups is 1. The van der Waals surface area contributed by atoms with Gasteiger partial charge in [-0.25, -0.2) is 8.42 Å². The third-order valence-electron chi connectivity index (χ3n) is 4.34. The van der Waals surface area contributed by atoms with Gasteiger partial charge < -0.3 is 5.11 Å². The van der Waals surface area contributed by atoms with Crippen molar-refractivity contribution < 1.29 is 13.5 Å². The lowest BCUT2D eigenvalue weighted by Gasteiger charge is -2.21. The highest BCUT2D eigenvalue weighted by atomic mass is 32.2. The normalized spacial score (nSPS) is 17.4. The van der Waals surface area contributed by atoms with E-state index in [2.05, 4.69) is 13.8 Å². The van der Waals surface area contributed by atoms with E-state index in [9.17, 15) is 13.5 Å². The highest BCUT2D eigenvalue weighted by molar-refractivity contribution is 7.91. The van der Waals surface area contributed by atoms with Crippen molar-refractivity contribution in [3.63, 3.8) is 0 Å². The fourth-order valence-corrected chi connectivity index (χ4v) is 4.72. The van der Waals surface area contributed by atoms with E-state index in [1.54, 1.807) is 6.07 Å². The lowest BCUT2D eigenvalue weighted by molar-refractivity contribution is 0.446. The predicted molar refractivity (Wildman–Crippen MR) is 81.7 cm³/mol. The smallest absolute Gasteiger partial charge is 0.154 e. The fourth-order valence-electron chi connectivity index (χ4n) is 3.10. The number of hydrogen-bond acceptors (Lipinski definition) is 3. The van der Waals surface area contributed by atoms with E-state index in [4.69, 9.17) is 0 Å². The maximum Gasteiger partial charge on any atom is 0.154 e. The first-order chi connectivity index (χ1) is 9.40. The molecular formula is C16H24O3S. The van der Waals surface area contributed by atoms with Crippen molar-refractivity contribution in [3.05, 3.63) is 29.3 Å². The van der Waals surface area contributed by atoms with Crippen LogP contribution in [0, 0.1) is 5.92 Å². The molecule has 1 fully saturated rings. The summed E-state index contributed by atoms with van der Waals surface area (Å²) in [5.74, 6) is 0.658. The van der Waals surface area contributed by atoms with Crippen LogP contribution in [0.5, 0.6) is 5.75 Å². The molecular weight excluding hydrogens is 272 g/mol. The molecule has 1 saturated carbocycles. The molecule has 112 valence electrons. The minimum atomic E-state index is -3.19. The van der Waals surface area contributed by atoms with Gasteiger partial charge in [-0.05, 0) is 43.1 Å². The first-order valence-electron chi connectivity index (χ1n) is 7.40. The van der Waals surface area contributed by atoms with Crippen molar-refractivity contribution in [3.8, 4) is 5.75 Å². The molecule has 0 heterocycles. The molecule has 0 spiro atoms. The Hall–Kier alpha value is -1.03. The van der Waals surface area contributed by atoms with Crippen LogP contribution in [0.2, 0.25) is 0 Å². The van der Waals surface area contributed by atoms with Crippen molar-refractivity contribution in [2.75, 3.05) is 6.26 Å². The number of benzene rings is 1. The van der Waals surface area contributed by atoms with Gasteiger partial charge in [0.2, 0.25) is 0 Å². The Morgan fingerprint density at radius 1 is 1.20 bits per heavy atom. The highest BCUT2D eigenvalue weighted by Crippen LogP contribution is 2.49. The summed E-state index contributed by atoms with van der Waals surface area (Å²) in [4.78, 5) is 0. The summed E-state index contributed by atoms with van der Waals surface area (Å²) in [5, 5.41) is 10.0. The zero-order chi connectivity index (χ0) is 14.9. The number of phenols is 1. The van der Waals surface area contributed by atoms with Crippen molar-refractivity contribution in [1.82, 2.24) is 0 Å². The molecule has 0 unspecified atom stereocenters. The van der Waals surface area contributed by atoms with E-state index >= 15 is 0 Å². The molecule has 20 heavy (non-hydrogen) atoms. The molecule has 1 aromatic carbocycles. The molecule has 0 aliphatic heterocycles. The van der Waals surface area contributed by atoms with Gasteiger partial charge in [-0.1, -0.05) is 32.0 Å². The number of phenolic OH excluding ortho intramolecular Hbond substituents is 1. The van der Waals surface area contributed by atoms with E-state index in [0.29, 0.717) is 5.56 Å². The Morgan fingerprint density at radius 3 is 2.20 bits per heavy atom. The Labute approximate surface area is 121 Å². The van der Waals surface area contributed by atoms with Gasteiger partial charge in [0.05, 0.1) is 5.25 Å². The second-order valence-corrected chi connectivity index (χ2v) is 8.05. The summed E-state index contributed by atoms with van der Waals surface area (Å²) in [7, 11) is -3.19. The predicted octanol–water partition coefficient (Wildman–Crippen LogP) is 3.79. The SMILES string of the molecule is CCC(CC)c1cccc([C@@H](C2CC2)S(C)(=O)=O)c1O. The highest BCUT2D eigenvalue weighted by Gasteiger charge is 2.40. The monoisotopic (exact) mass is 296 g/mol. The minimum absolute atomic E-state index is 0.174. The van der Waals surface area contributed by atoms with E-state index < -0.39 is 15.1 Å². The van der Waals surface area contributed by atoms with Crippen molar-refractivity contribution in [2.24, 2.45) is 5.92 Å². The Balaban J connectivity index is 2.49. The van der Waals surface area contributed by atoms with Gasteiger partial charge in [0.15, 0.2) is 9.84 Å². The molecule has 2 rings (SSSR count). The number of hydrogen-bond donors (Lipinski definition) is 1. The van der Waals surface area contributed by atoms with Crippen molar-refractivity contribution in [2.45, 2.75) is 50.7 Å². The third-order valence-corrected chi connectivity index (χ3v) is 5.90. The fraction of sp³-hybridized carbons (Fsp3) is 0.625. The van der Waals surface area contributed by atoms with E-state index in [-0.39, 0.29) is 17.6 Å². The van der Waals surface area contributed by atoms with E-state index in [0.717, 1.165) is 31.2 Å². The zero-order valence-corrected chi connectivity index (χ0v) is 13.3. The van der Waals surface area contributed by atoms with Gasteiger partial charge in [0.25, 0.3) is 0 Å². The topological polar surface area (TPSA) is 54.4 Å². The summed E-state index contributed by atoms with van der Waals surface area (Å²) in [5.41, 5.74) is 1.49. The molecule has 3 nitrogen and oxygen atoms in total. The maximum atomic E-state index is 12.1. The molecule has 0 bridgehead atoms. The average Bonchev–Trinajstić information content (AvgIpc) is 3.18. The molecule has 4 heteroatoms. The Morgan fingerprint density at radius 2 is 1.75 bits per heavy atom. The number of para-hydroxylation sites is 1. The summed E-state index contributed by atoms with van der Waals surface area (Å²) in [6.45, 7) is 4.18. The van der Waals surface area contributed by atoms with Gasteiger partial charge in [-0.3, -0.25) is 0 Å². The molecule has 0 aromatic heterocycles. The largest absolute Gasteiger partial charge is 0.507 e. The molecule has 0 amide bonds. The zero-order valence-electron chi connectivity index (χ0n) is 12.5. The summed E-state index contributed by atoms with van der Waals surface area (Å²) in [6, 6.07) is 5.57. The van der Waals surface area contributed by atoms with Crippen molar-refractivity contribution >= 4 is 9.84 Å². The van der Waals surface area contributed by atoms with Crippen LogP contribution in [0.3, 0.4) is 0 Å². The first kappa shape index (κ1) is 15.4. The van der Waals surface area contributed by atoms with Crippen LogP contribution in [0.4, 0.5) is 0 Å². The summed E-state index contributed by atoms with van der Waals surface area (Å²) < 4.78 is 24.1. The lowest BCUT2D eigenvalue weighted by atomic mass is 9.90. The quantitative estimate of drug-likeness (QED) is 0.869. The minimum Gasteiger partial charge on any atom is -0.507 e. The Bertz CT molecular complexity index is 569. The number of aromatic hydroxyl groups is 1. The lowest BCUT2D eigenvalue weighted by Crippen LogP contribution is -2.14. The molecule has 1 aliphatic rings. The van der Waals surface area contributed by atoms with E-state index in [1.165, 1.54) is 6.26 Å². The summed E-state index contributed by atoms with van der Waals surface area (Å²) in [6.07, 6.45) is 5.04. The molecule has 1 atom stereocenters. The van der Waals surface area contributed by atoms with Crippen LogP contribution in [0.15, 0.2) is 18.2 Å². The summed E-state index contributed by atoms with van der Waals surface area (Å²) >= 11 is 0. The molecule has 1 aromatic rings. The second kappa shape index (κ2) is 5.76. The van der Waals surface area contributed by atoms with Gasteiger partial charge >= 0.3 is 0 Å². The van der Waals surface area contributed by atoms with Gasteiger partial charge in [-0.15, -0.1) is 0 Å². The third kappa shape index (κ3) is 3.00. The first-order valence-corrected chi connectivity index (χ1v) is 9.36. The molecule has 1 N–H and O–H groups in total. The Kier molecular flexibility index (Phi) is 4.43. The molecule has 0 radical (unpaired) electrons. The van der Waals surface area contributed by atoms with E-state index in [1.807, 2.05) is 12.1 Å². The van der Waals surface area contributed by atoms with Crippen LogP contribution in [-0.4, -0.2) is 19.8 Å². The maximum absolute atomic E-state index is 12.1.